The Kier molecular flexibility index (Phi) is 4.18. The van der Waals surface area contributed by atoms with Crippen molar-refractivity contribution in [2.24, 2.45) is 0 Å². The SMILES string of the molecule is Cc1cc(C#N)cc(C)c1OCc1cncc(Br)c1. The molecule has 1 aromatic carbocycles. The number of halogens is 1. The van der Waals surface area contributed by atoms with Gasteiger partial charge in [0.25, 0.3) is 0 Å². The first-order chi connectivity index (χ1) is 9.10. The molecule has 2 aromatic rings. The molecule has 0 fully saturated rings. The molecule has 0 aliphatic carbocycles. The van der Waals surface area contributed by atoms with Gasteiger partial charge in [0.15, 0.2) is 0 Å². The number of rotatable bonds is 3. The average Bonchev–Trinajstić information content (AvgIpc) is 2.37. The molecule has 4 heteroatoms. The second-order valence-electron chi connectivity index (χ2n) is 4.35. The van der Waals surface area contributed by atoms with Gasteiger partial charge in [0, 0.05) is 22.4 Å². The van der Waals surface area contributed by atoms with Crippen LogP contribution in [0.2, 0.25) is 0 Å². The summed E-state index contributed by atoms with van der Waals surface area (Å²) in [6, 6.07) is 7.79. The highest BCUT2D eigenvalue weighted by Gasteiger charge is 2.07. The van der Waals surface area contributed by atoms with E-state index >= 15 is 0 Å². The molecule has 0 saturated carbocycles. The molecule has 0 spiro atoms. The summed E-state index contributed by atoms with van der Waals surface area (Å²) >= 11 is 3.38. The van der Waals surface area contributed by atoms with Crippen molar-refractivity contribution < 1.29 is 4.74 Å². The first-order valence-electron chi connectivity index (χ1n) is 5.83. The third kappa shape index (κ3) is 3.33. The second-order valence-corrected chi connectivity index (χ2v) is 5.27. The van der Waals surface area contributed by atoms with E-state index in [1.807, 2.05) is 32.0 Å². The largest absolute Gasteiger partial charge is 0.488 e. The van der Waals surface area contributed by atoms with Crippen LogP contribution in [0.5, 0.6) is 5.75 Å². The number of aryl methyl sites for hydroxylation is 2. The van der Waals surface area contributed by atoms with Gasteiger partial charge in [-0.05, 0) is 59.1 Å². The van der Waals surface area contributed by atoms with E-state index in [4.69, 9.17) is 10.00 Å². The smallest absolute Gasteiger partial charge is 0.125 e. The molecule has 2 rings (SSSR count). The maximum absolute atomic E-state index is 8.91. The molecule has 0 atom stereocenters. The zero-order valence-corrected chi connectivity index (χ0v) is 12.4. The molecule has 0 bridgehead atoms. The molecule has 0 aliphatic rings. The monoisotopic (exact) mass is 316 g/mol. The molecule has 3 nitrogen and oxygen atoms in total. The van der Waals surface area contributed by atoms with E-state index in [2.05, 4.69) is 27.0 Å². The van der Waals surface area contributed by atoms with Gasteiger partial charge < -0.3 is 4.74 Å². The number of aromatic nitrogens is 1. The summed E-state index contributed by atoms with van der Waals surface area (Å²) in [4.78, 5) is 4.10. The van der Waals surface area contributed by atoms with Crippen LogP contribution >= 0.6 is 15.9 Å². The molecule has 1 heterocycles. The van der Waals surface area contributed by atoms with E-state index in [0.29, 0.717) is 12.2 Å². The minimum absolute atomic E-state index is 0.458. The minimum atomic E-state index is 0.458. The molecule has 0 unspecified atom stereocenters. The zero-order chi connectivity index (χ0) is 13.8. The Labute approximate surface area is 121 Å². The van der Waals surface area contributed by atoms with Gasteiger partial charge in [0.05, 0.1) is 11.6 Å². The normalized spacial score (nSPS) is 10.0. The van der Waals surface area contributed by atoms with Crippen molar-refractivity contribution in [3.8, 4) is 11.8 Å². The fourth-order valence-electron chi connectivity index (χ4n) is 1.93. The Balaban J connectivity index is 2.18. The van der Waals surface area contributed by atoms with Crippen molar-refractivity contribution in [1.29, 1.82) is 5.26 Å². The lowest BCUT2D eigenvalue weighted by Crippen LogP contribution is -2.00. The number of ether oxygens (including phenoxy) is 1. The number of hydrogen-bond donors (Lipinski definition) is 0. The number of nitriles is 1. The lowest BCUT2D eigenvalue weighted by Gasteiger charge is -2.12. The first kappa shape index (κ1) is 13.6. The Morgan fingerprint density at radius 2 is 1.89 bits per heavy atom. The summed E-state index contributed by atoms with van der Waals surface area (Å²) in [5, 5.41) is 8.91. The van der Waals surface area contributed by atoms with Crippen molar-refractivity contribution in [3.05, 3.63) is 57.3 Å². The number of nitrogens with zero attached hydrogens (tertiary/aromatic N) is 2. The summed E-state index contributed by atoms with van der Waals surface area (Å²) in [5.74, 6) is 0.832. The maximum Gasteiger partial charge on any atom is 0.125 e. The van der Waals surface area contributed by atoms with Gasteiger partial charge in [-0.25, -0.2) is 0 Å². The average molecular weight is 317 g/mol. The van der Waals surface area contributed by atoms with Gasteiger partial charge in [-0.15, -0.1) is 0 Å². The lowest BCUT2D eigenvalue weighted by atomic mass is 10.1. The van der Waals surface area contributed by atoms with Gasteiger partial charge in [0.1, 0.15) is 12.4 Å². The van der Waals surface area contributed by atoms with Crippen LogP contribution in [-0.4, -0.2) is 4.98 Å². The van der Waals surface area contributed by atoms with Crippen LogP contribution in [0.1, 0.15) is 22.3 Å². The first-order valence-corrected chi connectivity index (χ1v) is 6.63. The molecule has 0 N–H and O–H groups in total. The quantitative estimate of drug-likeness (QED) is 0.862. The molecule has 0 aliphatic heterocycles. The van der Waals surface area contributed by atoms with Crippen LogP contribution in [0, 0.1) is 25.2 Å². The highest BCUT2D eigenvalue weighted by Crippen LogP contribution is 2.25. The summed E-state index contributed by atoms with van der Waals surface area (Å²) in [6.07, 6.45) is 3.51. The fraction of sp³-hybridized carbons (Fsp3) is 0.200. The van der Waals surface area contributed by atoms with Gasteiger partial charge in [-0.1, -0.05) is 0 Å². The highest BCUT2D eigenvalue weighted by molar-refractivity contribution is 9.10. The fourth-order valence-corrected chi connectivity index (χ4v) is 2.35. The molecular formula is C15H13BrN2O. The van der Waals surface area contributed by atoms with E-state index in [9.17, 15) is 0 Å². The molecule has 1 aromatic heterocycles. The predicted molar refractivity (Wildman–Crippen MR) is 76.9 cm³/mol. The maximum atomic E-state index is 8.91. The third-order valence-electron chi connectivity index (χ3n) is 2.73. The number of pyridine rings is 1. The van der Waals surface area contributed by atoms with E-state index in [1.165, 1.54) is 0 Å². The summed E-state index contributed by atoms with van der Waals surface area (Å²) in [5.41, 5.74) is 3.60. The van der Waals surface area contributed by atoms with Gasteiger partial charge in [0.2, 0.25) is 0 Å². The molecule has 96 valence electrons. The highest BCUT2D eigenvalue weighted by atomic mass is 79.9. The Hall–Kier alpha value is -1.86. The topological polar surface area (TPSA) is 45.9 Å². The Morgan fingerprint density at radius 1 is 1.21 bits per heavy atom. The van der Waals surface area contributed by atoms with Crippen molar-refractivity contribution in [2.45, 2.75) is 20.5 Å². The van der Waals surface area contributed by atoms with Crippen molar-refractivity contribution in [3.63, 3.8) is 0 Å². The van der Waals surface area contributed by atoms with Crippen LogP contribution < -0.4 is 4.74 Å². The number of benzene rings is 1. The van der Waals surface area contributed by atoms with Gasteiger partial charge in [-0.3, -0.25) is 4.98 Å². The van der Waals surface area contributed by atoms with E-state index in [1.54, 1.807) is 12.4 Å². The second kappa shape index (κ2) is 5.85. The molecule has 0 amide bonds. The van der Waals surface area contributed by atoms with Crippen LogP contribution in [-0.2, 0) is 6.61 Å². The zero-order valence-electron chi connectivity index (χ0n) is 10.8. The summed E-state index contributed by atoms with van der Waals surface area (Å²) in [7, 11) is 0. The van der Waals surface area contributed by atoms with Crippen molar-refractivity contribution in [1.82, 2.24) is 4.98 Å². The van der Waals surface area contributed by atoms with Gasteiger partial charge >= 0.3 is 0 Å². The third-order valence-corrected chi connectivity index (χ3v) is 3.17. The van der Waals surface area contributed by atoms with E-state index < -0.39 is 0 Å². The van der Waals surface area contributed by atoms with E-state index in [-0.39, 0.29) is 0 Å². The molecular weight excluding hydrogens is 304 g/mol. The summed E-state index contributed by atoms with van der Waals surface area (Å²) in [6.45, 7) is 4.35. The predicted octanol–water partition coefficient (Wildman–Crippen LogP) is 3.91. The van der Waals surface area contributed by atoms with Crippen molar-refractivity contribution >= 4 is 15.9 Å². The number of hydrogen-bond acceptors (Lipinski definition) is 3. The summed E-state index contributed by atoms with van der Waals surface area (Å²) < 4.78 is 6.77. The van der Waals surface area contributed by atoms with Crippen LogP contribution in [0.15, 0.2) is 35.1 Å². The van der Waals surface area contributed by atoms with Crippen LogP contribution in [0.25, 0.3) is 0 Å². The van der Waals surface area contributed by atoms with Crippen LogP contribution in [0.3, 0.4) is 0 Å². The molecule has 0 radical (unpaired) electrons. The molecule has 0 saturated heterocycles. The minimum Gasteiger partial charge on any atom is -0.488 e. The lowest BCUT2D eigenvalue weighted by molar-refractivity contribution is 0.301. The van der Waals surface area contributed by atoms with Gasteiger partial charge in [-0.2, -0.15) is 5.26 Å². The standard InChI is InChI=1S/C15H13BrN2O/c1-10-3-12(6-17)4-11(2)15(10)19-9-13-5-14(16)8-18-7-13/h3-5,7-8H,9H2,1-2H3. The molecule has 19 heavy (non-hydrogen) atoms. The van der Waals surface area contributed by atoms with E-state index in [0.717, 1.165) is 26.9 Å². The Bertz CT molecular complexity index is 624. The van der Waals surface area contributed by atoms with Crippen LogP contribution in [0.4, 0.5) is 0 Å². The van der Waals surface area contributed by atoms with Crippen molar-refractivity contribution in [2.75, 3.05) is 0 Å². The Morgan fingerprint density at radius 3 is 2.47 bits per heavy atom.